The molecule has 2 N–H and O–H groups in total. The normalized spacial score (nSPS) is 11.2. The van der Waals surface area contributed by atoms with Crippen LogP contribution in [-0.2, 0) is 19.6 Å². The first-order valence-corrected chi connectivity index (χ1v) is 7.19. The van der Waals surface area contributed by atoms with Crippen molar-refractivity contribution in [2.45, 2.75) is 40.4 Å². The van der Waals surface area contributed by atoms with Crippen molar-refractivity contribution in [1.29, 1.82) is 0 Å². The van der Waals surface area contributed by atoms with E-state index in [0.29, 0.717) is 6.54 Å². The molecule has 0 saturated heterocycles. The Morgan fingerprint density at radius 2 is 2.11 bits per heavy atom. The average Bonchev–Trinajstić information content (AvgIpc) is 2.89. The van der Waals surface area contributed by atoms with E-state index in [2.05, 4.69) is 15.4 Å². The molecule has 2 heterocycles. The van der Waals surface area contributed by atoms with Crippen molar-refractivity contribution in [3.8, 4) is 0 Å². The van der Waals surface area contributed by atoms with Gasteiger partial charge in [-0.1, -0.05) is 0 Å². The number of aryl methyl sites for hydroxylation is 2. The van der Waals surface area contributed by atoms with Gasteiger partial charge in [0.15, 0.2) is 0 Å². The highest BCUT2D eigenvalue weighted by molar-refractivity contribution is 7.11. The molecule has 104 valence electrons. The summed E-state index contributed by atoms with van der Waals surface area (Å²) in [4.78, 5) is 5.49. The second-order valence-electron chi connectivity index (χ2n) is 4.55. The number of aliphatic hydroxyl groups is 1. The zero-order chi connectivity index (χ0) is 13.8. The van der Waals surface area contributed by atoms with E-state index in [1.807, 2.05) is 31.6 Å². The molecule has 0 spiro atoms. The van der Waals surface area contributed by atoms with Gasteiger partial charge in [0.1, 0.15) is 0 Å². The lowest BCUT2D eigenvalue weighted by molar-refractivity contribution is 0.267. The van der Waals surface area contributed by atoms with Gasteiger partial charge in [-0.15, -0.1) is 11.3 Å². The van der Waals surface area contributed by atoms with Crippen molar-refractivity contribution >= 4 is 11.3 Å². The van der Waals surface area contributed by atoms with E-state index in [9.17, 15) is 0 Å². The summed E-state index contributed by atoms with van der Waals surface area (Å²) in [5.41, 5.74) is 3.37. The minimum absolute atomic E-state index is 0.120. The summed E-state index contributed by atoms with van der Waals surface area (Å²) in [7, 11) is 0. The van der Waals surface area contributed by atoms with Gasteiger partial charge in [-0.25, -0.2) is 4.98 Å². The fraction of sp³-hybridized carbons (Fsp3) is 0.538. The van der Waals surface area contributed by atoms with Crippen LogP contribution in [0.2, 0.25) is 0 Å². The van der Waals surface area contributed by atoms with Crippen molar-refractivity contribution in [3.05, 3.63) is 33.0 Å². The third-order valence-corrected chi connectivity index (χ3v) is 4.03. The first kappa shape index (κ1) is 14.2. The van der Waals surface area contributed by atoms with E-state index in [1.165, 1.54) is 10.4 Å². The number of rotatable bonds is 6. The average molecular weight is 280 g/mol. The Labute approximate surface area is 117 Å². The molecule has 19 heavy (non-hydrogen) atoms. The summed E-state index contributed by atoms with van der Waals surface area (Å²) in [5.74, 6) is 0. The molecular weight excluding hydrogens is 260 g/mol. The Kier molecular flexibility index (Phi) is 4.68. The van der Waals surface area contributed by atoms with Crippen LogP contribution in [0, 0.1) is 20.8 Å². The van der Waals surface area contributed by atoms with Crippen LogP contribution in [-0.4, -0.2) is 26.5 Å². The van der Waals surface area contributed by atoms with E-state index in [1.54, 1.807) is 11.3 Å². The van der Waals surface area contributed by atoms with Crippen molar-refractivity contribution in [3.63, 3.8) is 0 Å². The molecule has 0 fully saturated rings. The number of aromatic nitrogens is 3. The Bertz CT molecular complexity index is 547. The maximum atomic E-state index is 8.99. The van der Waals surface area contributed by atoms with Gasteiger partial charge >= 0.3 is 0 Å². The molecule has 2 aromatic rings. The highest BCUT2D eigenvalue weighted by Gasteiger charge is 2.10. The highest BCUT2D eigenvalue weighted by atomic mass is 32.1. The largest absolute Gasteiger partial charge is 0.394 e. The quantitative estimate of drug-likeness (QED) is 0.842. The van der Waals surface area contributed by atoms with Crippen LogP contribution < -0.4 is 5.32 Å². The number of nitrogens with zero attached hydrogens (tertiary/aromatic N) is 3. The van der Waals surface area contributed by atoms with Crippen LogP contribution in [0.15, 0.2) is 6.20 Å². The van der Waals surface area contributed by atoms with Crippen LogP contribution in [0.4, 0.5) is 0 Å². The molecule has 0 atom stereocenters. The zero-order valence-electron chi connectivity index (χ0n) is 11.6. The number of thiazole rings is 1. The second kappa shape index (κ2) is 6.27. The number of aliphatic hydroxyl groups excluding tert-OH is 1. The molecule has 0 unspecified atom stereocenters. The molecule has 6 heteroatoms. The van der Waals surface area contributed by atoms with Crippen LogP contribution in [0.25, 0.3) is 0 Å². The topological polar surface area (TPSA) is 63.0 Å². The van der Waals surface area contributed by atoms with Gasteiger partial charge in [-0.05, 0) is 20.8 Å². The van der Waals surface area contributed by atoms with Crippen molar-refractivity contribution in [1.82, 2.24) is 20.1 Å². The molecule has 0 aliphatic rings. The SMILES string of the molecule is Cc1ncc(CNCc2c(C)nn(CCO)c2C)s1. The van der Waals surface area contributed by atoms with E-state index in [4.69, 9.17) is 5.11 Å². The predicted octanol–water partition coefficient (Wildman–Crippen LogP) is 1.55. The Morgan fingerprint density at radius 1 is 1.32 bits per heavy atom. The van der Waals surface area contributed by atoms with Crippen molar-refractivity contribution < 1.29 is 5.11 Å². The summed E-state index contributed by atoms with van der Waals surface area (Å²) in [6.45, 7) is 8.37. The molecule has 2 rings (SSSR count). The molecule has 0 radical (unpaired) electrons. The summed E-state index contributed by atoms with van der Waals surface area (Å²) < 4.78 is 1.86. The smallest absolute Gasteiger partial charge is 0.0897 e. The molecule has 0 bridgehead atoms. The summed E-state index contributed by atoms with van der Waals surface area (Å²) in [5, 5.41) is 17.9. The van der Waals surface area contributed by atoms with Crippen molar-refractivity contribution in [2.24, 2.45) is 0 Å². The van der Waals surface area contributed by atoms with E-state index < -0.39 is 0 Å². The van der Waals surface area contributed by atoms with Crippen molar-refractivity contribution in [2.75, 3.05) is 6.61 Å². The molecule has 0 amide bonds. The van der Waals surface area contributed by atoms with Gasteiger partial charge in [-0.2, -0.15) is 5.10 Å². The number of hydrogen-bond donors (Lipinski definition) is 2. The van der Waals surface area contributed by atoms with Gasteiger partial charge in [0.25, 0.3) is 0 Å². The molecule has 0 aliphatic carbocycles. The highest BCUT2D eigenvalue weighted by Crippen LogP contribution is 2.14. The lowest BCUT2D eigenvalue weighted by atomic mass is 10.2. The van der Waals surface area contributed by atoms with Crippen LogP contribution >= 0.6 is 11.3 Å². The summed E-state index contributed by atoms with van der Waals surface area (Å²) in [6.07, 6.45) is 1.92. The first-order chi connectivity index (χ1) is 9.11. The van der Waals surface area contributed by atoms with Gasteiger partial charge < -0.3 is 10.4 Å². The molecule has 0 saturated carbocycles. The van der Waals surface area contributed by atoms with Gasteiger partial charge in [0, 0.05) is 35.4 Å². The minimum Gasteiger partial charge on any atom is -0.394 e. The molecular formula is C13H20N4OS. The fourth-order valence-corrected chi connectivity index (χ4v) is 2.86. The van der Waals surface area contributed by atoms with Gasteiger partial charge in [0.2, 0.25) is 0 Å². The Morgan fingerprint density at radius 3 is 2.74 bits per heavy atom. The third kappa shape index (κ3) is 3.40. The third-order valence-electron chi connectivity index (χ3n) is 3.11. The standard InChI is InChI=1S/C13H20N4OS/c1-9-13(10(2)17(16-9)4-5-18)8-14-6-12-7-15-11(3)19-12/h7,14,18H,4-6,8H2,1-3H3. The zero-order valence-corrected chi connectivity index (χ0v) is 12.4. The number of hydrogen-bond acceptors (Lipinski definition) is 5. The lowest BCUT2D eigenvalue weighted by Crippen LogP contribution is -2.13. The summed E-state index contributed by atoms with van der Waals surface area (Å²) in [6, 6.07) is 0. The number of nitrogens with one attached hydrogen (secondary N) is 1. The lowest BCUT2D eigenvalue weighted by Gasteiger charge is -2.05. The fourth-order valence-electron chi connectivity index (χ4n) is 2.10. The molecule has 5 nitrogen and oxygen atoms in total. The van der Waals surface area contributed by atoms with E-state index in [-0.39, 0.29) is 6.61 Å². The van der Waals surface area contributed by atoms with Gasteiger partial charge in [-0.3, -0.25) is 4.68 Å². The van der Waals surface area contributed by atoms with Crippen LogP contribution in [0.5, 0.6) is 0 Å². The maximum absolute atomic E-state index is 8.99. The second-order valence-corrected chi connectivity index (χ2v) is 5.86. The first-order valence-electron chi connectivity index (χ1n) is 6.37. The molecule has 2 aromatic heterocycles. The maximum Gasteiger partial charge on any atom is 0.0897 e. The summed E-state index contributed by atoms with van der Waals surface area (Å²) >= 11 is 1.72. The Hall–Kier alpha value is -1.24. The van der Waals surface area contributed by atoms with E-state index in [0.717, 1.165) is 29.5 Å². The molecule has 0 aliphatic heterocycles. The minimum atomic E-state index is 0.120. The van der Waals surface area contributed by atoms with Crippen LogP contribution in [0.3, 0.4) is 0 Å². The monoisotopic (exact) mass is 280 g/mol. The molecule has 0 aromatic carbocycles. The van der Waals surface area contributed by atoms with Gasteiger partial charge in [0.05, 0.1) is 23.9 Å². The van der Waals surface area contributed by atoms with E-state index >= 15 is 0 Å². The predicted molar refractivity (Wildman–Crippen MR) is 76.2 cm³/mol. The van der Waals surface area contributed by atoms with Crippen LogP contribution in [0.1, 0.15) is 26.8 Å². The Balaban J connectivity index is 1.95.